The Balaban J connectivity index is 1.89. The minimum absolute atomic E-state index is 0.221. The van der Waals surface area contributed by atoms with Gasteiger partial charge in [0.25, 0.3) is 0 Å². The number of unbranched alkanes of at least 4 members (excludes halogenated alkanes) is 1. The highest BCUT2D eigenvalue weighted by molar-refractivity contribution is 7.89. The van der Waals surface area contributed by atoms with Crippen molar-refractivity contribution < 1.29 is 22.7 Å². The van der Waals surface area contributed by atoms with Crippen molar-refractivity contribution in [2.75, 3.05) is 26.3 Å². The number of nitrogens with zero attached hydrogens (tertiary/aromatic N) is 2. The number of carbonyl (C=O) groups is 1. The minimum atomic E-state index is -3.58. The molecule has 1 heterocycles. The number of carbonyl (C=O) groups excluding carboxylic acids is 1. The maximum atomic E-state index is 12.7. The summed E-state index contributed by atoms with van der Waals surface area (Å²) in [7, 11) is -3.58. The van der Waals surface area contributed by atoms with Crippen LogP contribution < -0.4 is 4.74 Å². The summed E-state index contributed by atoms with van der Waals surface area (Å²) < 4.78 is 37.3. The van der Waals surface area contributed by atoms with E-state index >= 15 is 0 Å². The Kier molecular flexibility index (Phi) is 7.42. The van der Waals surface area contributed by atoms with Gasteiger partial charge in [0.1, 0.15) is 5.75 Å². The molecular formula is C18H24N2O5S. The van der Waals surface area contributed by atoms with Crippen LogP contribution in [0.3, 0.4) is 0 Å². The molecule has 1 aliphatic rings. The van der Waals surface area contributed by atoms with Gasteiger partial charge in [-0.2, -0.15) is 9.57 Å². The average molecular weight is 380 g/mol. The highest BCUT2D eigenvalue weighted by Gasteiger charge is 2.32. The van der Waals surface area contributed by atoms with Gasteiger partial charge < -0.3 is 9.47 Å². The smallest absolute Gasteiger partial charge is 0.309 e. The second kappa shape index (κ2) is 9.55. The predicted octanol–water partition coefficient (Wildman–Crippen LogP) is 2.33. The molecule has 0 bridgehead atoms. The fourth-order valence-electron chi connectivity index (χ4n) is 2.80. The Morgan fingerprint density at radius 1 is 1.27 bits per heavy atom. The van der Waals surface area contributed by atoms with Gasteiger partial charge in [-0.25, -0.2) is 8.42 Å². The molecule has 0 N–H and O–H groups in total. The monoisotopic (exact) mass is 380 g/mol. The van der Waals surface area contributed by atoms with Crippen LogP contribution in [-0.2, 0) is 19.6 Å². The van der Waals surface area contributed by atoms with Crippen LogP contribution in [0.4, 0.5) is 0 Å². The van der Waals surface area contributed by atoms with Crippen molar-refractivity contribution in [3.8, 4) is 11.8 Å². The van der Waals surface area contributed by atoms with Crippen LogP contribution in [0, 0.1) is 17.2 Å². The van der Waals surface area contributed by atoms with E-state index in [9.17, 15) is 13.2 Å². The molecule has 1 fully saturated rings. The fraction of sp³-hybridized carbons (Fsp3) is 0.556. The summed E-state index contributed by atoms with van der Waals surface area (Å²) in [6.45, 7) is 3.19. The van der Waals surface area contributed by atoms with Crippen molar-refractivity contribution >= 4 is 16.0 Å². The molecule has 0 radical (unpaired) electrons. The summed E-state index contributed by atoms with van der Waals surface area (Å²) in [5, 5.41) is 8.46. The Labute approximate surface area is 154 Å². The van der Waals surface area contributed by atoms with Crippen molar-refractivity contribution in [3.05, 3.63) is 24.3 Å². The number of benzene rings is 1. The molecule has 142 valence electrons. The van der Waals surface area contributed by atoms with E-state index in [2.05, 4.69) is 0 Å². The zero-order chi connectivity index (χ0) is 19.0. The van der Waals surface area contributed by atoms with Crippen LogP contribution in [0.5, 0.6) is 5.75 Å². The number of hydrogen-bond donors (Lipinski definition) is 0. The highest BCUT2D eigenvalue weighted by Crippen LogP contribution is 2.25. The molecule has 26 heavy (non-hydrogen) atoms. The first-order valence-corrected chi connectivity index (χ1v) is 10.2. The SMILES string of the molecule is CCOc1ccc(S(=O)(=O)N2CCC(C(=O)OCCCC#N)CC2)cc1. The number of ether oxygens (including phenoxy) is 2. The summed E-state index contributed by atoms with van der Waals surface area (Å²) >= 11 is 0. The minimum Gasteiger partial charge on any atom is -0.494 e. The summed E-state index contributed by atoms with van der Waals surface area (Å²) in [5.74, 6) is 0.0363. The van der Waals surface area contributed by atoms with Gasteiger partial charge in [0.05, 0.1) is 30.1 Å². The molecule has 0 saturated carbocycles. The predicted molar refractivity (Wildman–Crippen MR) is 94.9 cm³/mol. The third-order valence-corrected chi connectivity index (χ3v) is 6.15. The van der Waals surface area contributed by atoms with Crippen molar-refractivity contribution in [1.82, 2.24) is 4.31 Å². The van der Waals surface area contributed by atoms with E-state index in [0.29, 0.717) is 38.0 Å². The van der Waals surface area contributed by atoms with Crippen molar-refractivity contribution in [3.63, 3.8) is 0 Å². The molecule has 1 aromatic rings. The molecule has 8 heteroatoms. The topological polar surface area (TPSA) is 96.7 Å². The Bertz CT molecular complexity index is 732. The summed E-state index contributed by atoms with van der Waals surface area (Å²) in [6, 6.07) is 8.35. The fourth-order valence-corrected chi connectivity index (χ4v) is 4.27. The Morgan fingerprint density at radius 3 is 2.50 bits per heavy atom. The maximum Gasteiger partial charge on any atom is 0.309 e. The third-order valence-electron chi connectivity index (χ3n) is 4.24. The van der Waals surface area contributed by atoms with E-state index < -0.39 is 10.0 Å². The molecular weight excluding hydrogens is 356 g/mol. The van der Waals surface area contributed by atoms with Gasteiger partial charge in [0, 0.05) is 19.5 Å². The second-order valence-corrected chi connectivity index (χ2v) is 7.95. The average Bonchev–Trinajstić information content (AvgIpc) is 2.66. The summed E-state index contributed by atoms with van der Waals surface area (Å²) in [5.41, 5.74) is 0. The lowest BCUT2D eigenvalue weighted by Crippen LogP contribution is -2.40. The first-order valence-electron chi connectivity index (χ1n) is 8.75. The quantitative estimate of drug-likeness (QED) is 0.507. The van der Waals surface area contributed by atoms with Crippen molar-refractivity contribution in [2.24, 2.45) is 5.92 Å². The lowest BCUT2D eigenvalue weighted by molar-refractivity contribution is -0.149. The van der Waals surface area contributed by atoms with E-state index in [1.165, 1.54) is 16.4 Å². The van der Waals surface area contributed by atoms with Crippen LogP contribution in [0.1, 0.15) is 32.6 Å². The number of rotatable bonds is 8. The molecule has 0 aromatic heterocycles. The lowest BCUT2D eigenvalue weighted by atomic mass is 9.98. The zero-order valence-electron chi connectivity index (χ0n) is 14.9. The second-order valence-electron chi connectivity index (χ2n) is 6.01. The van der Waals surface area contributed by atoms with Crippen LogP contribution in [0.2, 0.25) is 0 Å². The van der Waals surface area contributed by atoms with E-state index in [1.54, 1.807) is 12.1 Å². The molecule has 0 aliphatic carbocycles. The normalized spacial score (nSPS) is 16.0. The van der Waals surface area contributed by atoms with Crippen molar-refractivity contribution in [2.45, 2.75) is 37.5 Å². The van der Waals surface area contributed by atoms with Gasteiger partial charge in [-0.15, -0.1) is 0 Å². The van der Waals surface area contributed by atoms with E-state index in [1.807, 2.05) is 13.0 Å². The van der Waals surface area contributed by atoms with Gasteiger partial charge in [0.2, 0.25) is 10.0 Å². The number of nitriles is 1. The molecule has 0 atom stereocenters. The van der Waals surface area contributed by atoms with Crippen LogP contribution in [0.25, 0.3) is 0 Å². The van der Waals surface area contributed by atoms with Crippen molar-refractivity contribution in [1.29, 1.82) is 5.26 Å². The standard InChI is InChI=1S/C18H24N2O5S/c1-2-24-16-5-7-17(8-6-16)26(22,23)20-12-9-15(10-13-20)18(21)25-14-4-3-11-19/h5-8,15H,2-4,9-10,12-14H2,1H3. The molecule has 0 amide bonds. The molecule has 2 rings (SSSR count). The van der Waals surface area contributed by atoms with Gasteiger partial charge in [-0.3, -0.25) is 4.79 Å². The molecule has 0 spiro atoms. The van der Waals surface area contributed by atoms with Gasteiger partial charge in [-0.1, -0.05) is 0 Å². The summed E-state index contributed by atoms with van der Waals surface area (Å²) in [6.07, 6.45) is 1.75. The van der Waals surface area contributed by atoms with Crippen LogP contribution >= 0.6 is 0 Å². The number of esters is 1. The van der Waals surface area contributed by atoms with Gasteiger partial charge >= 0.3 is 5.97 Å². The first-order chi connectivity index (χ1) is 12.5. The molecule has 1 saturated heterocycles. The van der Waals surface area contributed by atoms with Crippen LogP contribution in [0.15, 0.2) is 29.2 Å². The Hall–Kier alpha value is -2.11. The van der Waals surface area contributed by atoms with Gasteiger partial charge in [-0.05, 0) is 50.5 Å². The van der Waals surface area contributed by atoms with Crippen LogP contribution in [-0.4, -0.2) is 45.0 Å². The molecule has 7 nitrogen and oxygen atoms in total. The van der Waals surface area contributed by atoms with E-state index in [0.717, 1.165) is 0 Å². The zero-order valence-corrected chi connectivity index (χ0v) is 15.7. The molecule has 1 aliphatic heterocycles. The third kappa shape index (κ3) is 5.19. The Morgan fingerprint density at radius 2 is 1.92 bits per heavy atom. The van der Waals surface area contributed by atoms with E-state index in [-0.39, 0.29) is 36.5 Å². The lowest BCUT2D eigenvalue weighted by Gasteiger charge is -2.30. The maximum absolute atomic E-state index is 12.7. The largest absolute Gasteiger partial charge is 0.494 e. The highest BCUT2D eigenvalue weighted by atomic mass is 32.2. The number of piperidine rings is 1. The number of sulfonamides is 1. The number of hydrogen-bond acceptors (Lipinski definition) is 6. The molecule has 0 unspecified atom stereocenters. The summed E-state index contributed by atoms with van der Waals surface area (Å²) in [4.78, 5) is 12.2. The first kappa shape index (κ1) is 20.2. The van der Waals surface area contributed by atoms with E-state index in [4.69, 9.17) is 14.7 Å². The molecule has 1 aromatic carbocycles. The van der Waals surface area contributed by atoms with Gasteiger partial charge in [0.15, 0.2) is 0 Å².